The monoisotopic (exact) mass is 400 g/mol. The van der Waals surface area contributed by atoms with Crippen LogP contribution in [0, 0.1) is 0 Å². The summed E-state index contributed by atoms with van der Waals surface area (Å²) in [4.78, 5) is 19.3. The number of rotatable bonds is 6. The SMILES string of the molecule is c1cncc(CN2CCC(Oc3ccccc3-c3nc(-c4cnccn4)no3)C2)c1. The van der Waals surface area contributed by atoms with Crippen LogP contribution in [0.3, 0.4) is 0 Å². The van der Waals surface area contributed by atoms with Gasteiger partial charge in [-0.3, -0.25) is 14.9 Å². The predicted molar refractivity (Wildman–Crippen MR) is 109 cm³/mol. The molecule has 0 saturated carbocycles. The van der Waals surface area contributed by atoms with Crippen molar-refractivity contribution < 1.29 is 9.26 Å². The molecule has 4 aromatic rings. The molecule has 4 heterocycles. The molecule has 1 fully saturated rings. The number of hydrogen-bond donors (Lipinski definition) is 0. The third kappa shape index (κ3) is 4.04. The van der Waals surface area contributed by atoms with E-state index in [0.717, 1.165) is 37.4 Å². The first kappa shape index (κ1) is 18.4. The lowest BCUT2D eigenvalue weighted by Gasteiger charge is -2.17. The van der Waals surface area contributed by atoms with E-state index in [1.807, 2.05) is 36.5 Å². The van der Waals surface area contributed by atoms with E-state index in [9.17, 15) is 0 Å². The highest BCUT2D eigenvalue weighted by molar-refractivity contribution is 5.64. The van der Waals surface area contributed by atoms with E-state index in [4.69, 9.17) is 9.26 Å². The van der Waals surface area contributed by atoms with Crippen molar-refractivity contribution in [2.24, 2.45) is 0 Å². The van der Waals surface area contributed by atoms with Gasteiger partial charge >= 0.3 is 0 Å². The summed E-state index contributed by atoms with van der Waals surface area (Å²) in [5.74, 6) is 1.54. The van der Waals surface area contributed by atoms with Gasteiger partial charge in [0.05, 0.1) is 11.8 Å². The van der Waals surface area contributed by atoms with Crippen molar-refractivity contribution in [1.29, 1.82) is 0 Å². The largest absolute Gasteiger partial charge is 0.488 e. The molecule has 0 aliphatic carbocycles. The average Bonchev–Trinajstić information content (AvgIpc) is 3.46. The van der Waals surface area contributed by atoms with Gasteiger partial charge < -0.3 is 9.26 Å². The number of nitrogens with zero attached hydrogens (tertiary/aromatic N) is 6. The van der Waals surface area contributed by atoms with Crippen LogP contribution in [0.5, 0.6) is 5.75 Å². The summed E-state index contributed by atoms with van der Waals surface area (Å²) < 4.78 is 11.8. The number of likely N-dealkylation sites (tertiary alicyclic amines) is 1. The minimum atomic E-state index is 0.102. The lowest BCUT2D eigenvalue weighted by molar-refractivity contribution is 0.198. The Kier molecular flexibility index (Phi) is 5.14. The van der Waals surface area contributed by atoms with Crippen molar-refractivity contribution in [3.63, 3.8) is 0 Å². The molecule has 1 atom stereocenters. The highest BCUT2D eigenvalue weighted by Gasteiger charge is 2.25. The molecule has 1 aliphatic rings. The van der Waals surface area contributed by atoms with Crippen molar-refractivity contribution in [2.45, 2.75) is 19.1 Å². The van der Waals surface area contributed by atoms with Crippen molar-refractivity contribution in [2.75, 3.05) is 13.1 Å². The molecular formula is C22H20N6O2. The molecule has 0 N–H and O–H groups in total. The van der Waals surface area contributed by atoms with Crippen molar-refractivity contribution in [3.05, 3.63) is 72.9 Å². The lowest BCUT2D eigenvalue weighted by atomic mass is 10.2. The Balaban J connectivity index is 1.30. The van der Waals surface area contributed by atoms with E-state index < -0.39 is 0 Å². The van der Waals surface area contributed by atoms with Gasteiger partial charge in [-0.1, -0.05) is 23.4 Å². The van der Waals surface area contributed by atoms with Crippen LogP contribution in [0.2, 0.25) is 0 Å². The molecule has 3 aromatic heterocycles. The van der Waals surface area contributed by atoms with Gasteiger partial charge in [0.2, 0.25) is 5.82 Å². The van der Waals surface area contributed by atoms with E-state index in [1.165, 1.54) is 5.56 Å². The van der Waals surface area contributed by atoms with Crippen LogP contribution in [-0.2, 0) is 6.54 Å². The molecule has 0 spiro atoms. The molecule has 8 heteroatoms. The zero-order valence-electron chi connectivity index (χ0n) is 16.3. The highest BCUT2D eigenvalue weighted by Crippen LogP contribution is 2.31. The fourth-order valence-electron chi connectivity index (χ4n) is 3.56. The second-order valence-electron chi connectivity index (χ2n) is 7.13. The third-order valence-corrected chi connectivity index (χ3v) is 4.99. The Morgan fingerprint density at radius 2 is 1.97 bits per heavy atom. The molecule has 0 bridgehead atoms. The fourth-order valence-corrected chi connectivity index (χ4v) is 3.56. The fraction of sp³-hybridized carbons (Fsp3) is 0.227. The minimum absolute atomic E-state index is 0.102. The Labute approximate surface area is 173 Å². The molecule has 1 unspecified atom stereocenters. The van der Waals surface area contributed by atoms with Crippen LogP contribution in [0.25, 0.3) is 23.0 Å². The lowest BCUT2D eigenvalue weighted by Crippen LogP contribution is -2.24. The first-order chi connectivity index (χ1) is 14.8. The van der Waals surface area contributed by atoms with Crippen LogP contribution in [-0.4, -0.2) is 49.2 Å². The zero-order chi connectivity index (χ0) is 20.2. The van der Waals surface area contributed by atoms with E-state index >= 15 is 0 Å². The molecule has 1 saturated heterocycles. The summed E-state index contributed by atoms with van der Waals surface area (Å²) in [6.07, 6.45) is 9.57. The van der Waals surface area contributed by atoms with Gasteiger partial charge in [-0.15, -0.1) is 0 Å². The van der Waals surface area contributed by atoms with Crippen molar-refractivity contribution >= 4 is 0 Å². The Bertz CT molecular complexity index is 1100. The summed E-state index contributed by atoms with van der Waals surface area (Å²) in [5.41, 5.74) is 2.54. The number of ether oxygens (including phenoxy) is 1. The van der Waals surface area contributed by atoms with E-state index in [0.29, 0.717) is 17.4 Å². The van der Waals surface area contributed by atoms with Gasteiger partial charge in [0.1, 0.15) is 17.5 Å². The topological polar surface area (TPSA) is 90.1 Å². The van der Waals surface area contributed by atoms with Gasteiger partial charge in [-0.05, 0) is 30.2 Å². The van der Waals surface area contributed by atoms with Crippen LogP contribution in [0.15, 0.2) is 71.9 Å². The van der Waals surface area contributed by atoms with Crippen molar-refractivity contribution in [3.8, 4) is 28.7 Å². The van der Waals surface area contributed by atoms with Crippen molar-refractivity contribution in [1.82, 2.24) is 30.0 Å². The molecule has 30 heavy (non-hydrogen) atoms. The van der Waals surface area contributed by atoms with Gasteiger partial charge in [0.25, 0.3) is 5.89 Å². The molecule has 150 valence electrons. The Morgan fingerprint density at radius 3 is 2.83 bits per heavy atom. The number of para-hydroxylation sites is 1. The number of benzene rings is 1. The molecule has 1 aliphatic heterocycles. The van der Waals surface area contributed by atoms with Gasteiger partial charge in [-0.2, -0.15) is 4.98 Å². The van der Waals surface area contributed by atoms with Crippen LogP contribution >= 0.6 is 0 Å². The summed E-state index contributed by atoms with van der Waals surface area (Å²) in [6.45, 7) is 2.72. The smallest absolute Gasteiger partial charge is 0.262 e. The maximum absolute atomic E-state index is 6.33. The quantitative estimate of drug-likeness (QED) is 0.487. The maximum Gasteiger partial charge on any atom is 0.262 e. The normalized spacial score (nSPS) is 16.6. The van der Waals surface area contributed by atoms with Gasteiger partial charge in [0.15, 0.2) is 0 Å². The standard InChI is InChI=1S/C22H20N6O2/c1-2-6-20(29-17-7-11-28(15-17)14-16-4-3-8-23-12-16)18(5-1)22-26-21(27-30-22)19-13-24-9-10-25-19/h1-6,8-10,12-13,17H,7,11,14-15H2. The maximum atomic E-state index is 6.33. The number of aromatic nitrogens is 5. The van der Waals surface area contributed by atoms with E-state index in [1.54, 1.807) is 24.8 Å². The zero-order valence-corrected chi connectivity index (χ0v) is 16.3. The second-order valence-corrected chi connectivity index (χ2v) is 7.13. The van der Waals surface area contributed by atoms with Crippen LogP contribution < -0.4 is 4.74 Å². The van der Waals surface area contributed by atoms with Gasteiger partial charge in [-0.25, -0.2) is 4.98 Å². The van der Waals surface area contributed by atoms with E-state index in [-0.39, 0.29) is 6.10 Å². The first-order valence-electron chi connectivity index (χ1n) is 9.82. The van der Waals surface area contributed by atoms with Crippen LogP contribution in [0.4, 0.5) is 0 Å². The summed E-state index contributed by atoms with van der Waals surface area (Å²) in [6, 6.07) is 11.8. The Morgan fingerprint density at radius 1 is 1.03 bits per heavy atom. The molecule has 8 nitrogen and oxygen atoms in total. The average molecular weight is 400 g/mol. The molecule has 0 radical (unpaired) electrons. The number of hydrogen-bond acceptors (Lipinski definition) is 8. The number of pyridine rings is 1. The second kappa shape index (κ2) is 8.38. The molecule has 5 rings (SSSR count). The van der Waals surface area contributed by atoms with Gasteiger partial charge in [0, 0.05) is 44.4 Å². The Hall–Kier alpha value is -3.65. The highest BCUT2D eigenvalue weighted by atomic mass is 16.5. The molecule has 1 aromatic carbocycles. The van der Waals surface area contributed by atoms with Crippen LogP contribution in [0.1, 0.15) is 12.0 Å². The molecular weight excluding hydrogens is 380 g/mol. The summed E-state index contributed by atoms with van der Waals surface area (Å²) in [7, 11) is 0. The van der Waals surface area contributed by atoms with E-state index in [2.05, 4.69) is 36.1 Å². The minimum Gasteiger partial charge on any atom is -0.488 e. The first-order valence-corrected chi connectivity index (χ1v) is 9.82. The summed E-state index contributed by atoms with van der Waals surface area (Å²) in [5, 5.41) is 4.04. The predicted octanol–water partition coefficient (Wildman–Crippen LogP) is 3.24. The molecule has 0 amide bonds. The summed E-state index contributed by atoms with van der Waals surface area (Å²) >= 11 is 0. The third-order valence-electron chi connectivity index (χ3n) is 4.99.